The smallest absolute Gasteiger partial charge is 0.744 e. The fourth-order valence-corrected chi connectivity index (χ4v) is 5.66. The molecular weight excluding hydrogens is 727 g/mol. The van der Waals surface area contributed by atoms with Crippen molar-refractivity contribution in [3.05, 3.63) is 47.7 Å². The maximum Gasteiger partial charge on any atom is 1.00 e. The van der Waals surface area contributed by atoms with Crippen LogP contribution in [0.3, 0.4) is 0 Å². The first-order chi connectivity index (χ1) is 19.8. The minimum Gasteiger partial charge on any atom is -0.744 e. The Bertz CT molecular complexity index is 2170. The Kier molecular flexibility index (Phi) is 15.0. The van der Waals surface area contributed by atoms with Crippen LogP contribution in [-0.2, 0) is 30.4 Å². The summed E-state index contributed by atoms with van der Waals surface area (Å²) in [5, 5.41) is 11.1. The number of nitrogens with zero attached hydrogens (tertiary/aromatic N) is 5. The summed E-state index contributed by atoms with van der Waals surface area (Å²) in [6.45, 7) is 0. The molecular formula is C20H13ClN9Na3O10S3. The van der Waals surface area contributed by atoms with Crippen molar-refractivity contribution in [1.82, 2.24) is 15.0 Å². The van der Waals surface area contributed by atoms with Crippen LogP contribution in [0.15, 0.2) is 67.4 Å². The fraction of sp³-hybridized carbons (Fsp3) is 0. The number of aromatic nitrogens is 3. The second-order valence-electron chi connectivity index (χ2n) is 8.16. The number of urea groups is 1. The molecule has 6 N–H and O–H groups in total. The number of anilines is 4. The van der Waals surface area contributed by atoms with E-state index in [-0.39, 0.29) is 129 Å². The molecule has 0 aliphatic heterocycles. The van der Waals surface area contributed by atoms with Crippen LogP contribution in [0.5, 0.6) is 0 Å². The molecule has 0 atom stereocenters. The van der Waals surface area contributed by atoms with Gasteiger partial charge in [-0.25, -0.2) is 30.0 Å². The van der Waals surface area contributed by atoms with E-state index < -0.39 is 67.5 Å². The summed E-state index contributed by atoms with van der Waals surface area (Å²) in [5.41, 5.74) is 9.84. The molecule has 0 saturated heterocycles. The summed E-state index contributed by atoms with van der Waals surface area (Å²) < 4.78 is 106. The molecule has 0 saturated carbocycles. The average Bonchev–Trinajstić information content (AvgIpc) is 2.84. The number of rotatable bonds is 8. The number of halogens is 1. The van der Waals surface area contributed by atoms with Gasteiger partial charge in [0.15, 0.2) is 0 Å². The van der Waals surface area contributed by atoms with Gasteiger partial charge >= 0.3 is 94.7 Å². The molecule has 26 heteroatoms. The second-order valence-corrected chi connectivity index (χ2v) is 12.6. The minimum atomic E-state index is -5.45. The van der Waals surface area contributed by atoms with Gasteiger partial charge in [-0.2, -0.15) is 15.0 Å². The molecule has 0 fully saturated rings. The van der Waals surface area contributed by atoms with Gasteiger partial charge < -0.3 is 35.8 Å². The number of carbonyl (C=O) groups is 1. The number of nitrogen functional groups attached to an aromatic ring is 1. The number of hydrogen-bond acceptors (Lipinski definition) is 17. The van der Waals surface area contributed by atoms with E-state index in [4.69, 9.17) is 23.1 Å². The minimum absolute atomic E-state index is 0. The van der Waals surface area contributed by atoms with Crippen molar-refractivity contribution in [2.45, 2.75) is 14.7 Å². The van der Waals surface area contributed by atoms with E-state index in [0.717, 1.165) is 0 Å². The van der Waals surface area contributed by atoms with Crippen LogP contribution in [0.25, 0.3) is 10.8 Å². The molecule has 0 unspecified atom stereocenters. The molecule has 0 bridgehead atoms. The third-order valence-electron chi connectivity index (χ3n) is 5.20. The molecule has 46 heavy (non-hydrogen) atoms. The predicted molar refractivity (Wildman–Crippen MR) is 144 cm³/mol. The van der Waals surface area contributed by atoms with Gasteiger partial charge in [0.1, 0.15) is 41.7 Å². The van der Waals surface area contributed by atoms with Crippen LogP contribution in [0, 0.1) is 0 Å². The van der Waals surface area contributed by atoms with Crippen molar-refractivity contribution < 1.29 is 132 Å². The molecule has 226 valence electrons. The summed E-state index contributed by atoms with van der Waals surface area (Å²) in [6, 6.07) is 4.83. The predicted octanol–water partition coefficient (Wildman–Crippen LogP) is -7.37. The number of nitrogens with two attached hydrogens (primary N) is 2. The Morgan fingerprint density at radius 1 is 0.783 bits per heavy atom. The molecule has 0 spiro atoms. The van der Waals surface area contributed by atoms with Crippen LogP contribution in [0.2, 0.25) is 5.28 Å². The maximum absolute atomic E-state index is 12.0. The van der Waals surface area contributed by atoms with Crippen molar-refractivity contribution in [3.63, 3.8) is 0 Å². The number of hydrogen-bond donors (Lipinski definition) is 4. The van der Waals surface area contributed by atoms with E-state index in [1.165, 1.54) is 18.2 Å². The van der Waals surface area contributed by atoms with Crippen LogP contribution >= 0.6 is 11.6 Å². The van der Waals surface area contributed by atoms with E-state index in [2.05, 4.69) is 35.8 Å². The summed E-state index contributed by atoms with van der Waals surface area (Å²) in [4.78, 5) is 19.3. The summed E-state index contributed by atoms with van der Waals surface area (Å²) >= 11 is 5.75. The molecule has 0 aliphatic rings. The monoisotopic (exact) mass is 739 g/mol. The topological polar surface area (TPSA) is 328 Å². The summed E-state index contributed by atoms with van der Waals surface area (Å²) in [6.07, 6.45) is 0. The Morgan fingerprint density at radius 3 is 1.93 bits per heavy atom. The molecule has 4 aromatic rings. The van der Waals surface area contributed by atoms with Gasteiger partial charge in [0.25, 0.3) is 0 Å². The van der Waals surface area contributed by atoms with Crippen LogP contribution < -0.4 is 111 Å². The van der Waals surface area contributed by atoms with Gasteiger partial charge in [-0.1, -0.05) is 0 Å². The number of nitrogens with one attached hydrogen (secondary N) is 2. The zero-order valence-corrected chi connectivity index (χ0v) is 32.8. The third-order valence-corrected chi connectivity index (χ3v) is 7.92. The van der Waals surface area contributed by atoms with Gasteiger partial charge in [0.2, 0.25) is 17.2 Å². The quantitative estimate of drug-likeness (QED) is 0.0741. The van der Waals surface area contributed by atoms with E-state index in [9.17, 15) is 43.7 Å². The van der Waals surface area contributed by atoms with Crippen molar-refractivity contribution in [2.24, 2.45) is 16.0 Å². The number of fused-ring (bicyclic) bond motifs is 1. The van der Waals surface area contributed by atoms with Gasteiger partial charge in [0, 0.05) is 11.1 Å². The number of primary amides is 1. The number of amides is 2. The van der Waals surface area contributed by atoms with Gasteiger partial charge in [-0.3, -0.25) is 0 Å². The van der Waals surface area contributed by atoms with Crippen LogP contribution in [-0.4, -0.2) is 59.9 Å². The van der Waals surface area contributed by atoms with Crippen molar-refractivity contribution in [2.75, 3.05) is 16.4 Å². The first-order valence-electron chi connectivity index (χ1n) is 10.9. The van der Waals surface area contributed by atoms with E-state index >= 15 is 0 Å². The number of benzene rings is 3. The SMILES string of the molecule is NC(=O)Nc1cc(Nc2nc(N)nc(Cl)n2)ccc1N=Nc1cc2c(S(=O)(=O)[O-])cc(S(=O)(=O)[O-])cc2cc1S(=O)(=O)[O-].[Na+].[Na+].[Na+]. The molecule has 3 aromatic carbocycles. The second kappa shape index (κ2) is 16.2. The number of carbonyl (C=O) groups excluding carboxylic acids is 1. The van der Waals surface area contributed by atoms with E-state index in [1.807, 2.05) is 0 Å². The molecule has 0 aliphatic carbocycles. The van der Waals surface area contributed by atoms with Gasteiger partial charge in [0.05, 0.1) is 20.4 Å². The summed E-state index contributed by atoms with van der Waals surface area (Å²) in [5.74, 6) is -0.294. The van der Waals surface area contributed by atoms with E-state index in [0.29, 0.717) is 18.2 Å². The third kappa shape index (κ3) is 10.7. The van der Waals surface area contributed by atoms with Gasteiger partial charge in [-0.15, -0.1) is 10.2 Å². The first-order valence-corrected chi connectivity index (χ1v) is 15.5. The molecule has 1 heterocycles. The zero-order valence-electron chi connectivity index (χ0n) is 23.6. The molecule has 19 nitrogen and oxygen atoms in total. The van der Waals surface area contributed by atoms with Crippen molar-refractivity contribution in [1.29, 1.82) is 0 Å². The number of azo groups is 1. The zero-order chi connectivity index (χ0) is 31.9. The maximum atomic E-state index is 12.0. The molecule has 0 radical (unpaired) electrons. The van der Waals surface area contributed by atoms with Gasteiger partial charge in [-0.05, 0) is 59.5 Å². The molecule has 1 aromatic heterocycles. The fourth-order valence-electron chi connectivity index (χ4n) is 3.54. The Morgan fingerprint density at radius 2 is 1.39 bits per heavy atom. The average molecular weight is 740 g/mol. The van der Waals surface area contributed by atoms with Crippen molar-refractivity contribution in [3.8, 4) is 0 Å². The first kappa shape index (κ1) is 42.4. The van der Waals surface area contributed by atoms with E-state index in [1.54, 1.807) is 0 Å². The molecule has 4 rings (SSSR count). The Labute approximate surface area is 331 Å². The molecule has 2 amide bonds. The summed E-state index contributed by atoms with van der Waals surface area (Å²) in [7, 11) is -16.2. The Balaban J connectivity index is 0.00000353. The van der Waals surface area contributed by atoms with Crippen molar-refractivity contribution >= 4 is 93.4 Å². The normalized spacial score (nSPS) is 11.7. The van der Waals surface area contributed by atoms with Crippen LogP contribution in [0.1, 0.15) is 0 Å². The van der Waals surface area contributed by atoms with Crippen LogP contribution in [0.4, 0.5) is 39.4 Å². The largest absolute Gasteiger partial charge is 1.00 e. The standard InChI is InChI=1S/C20H16ClN9O10S3.3Na/c21-17-26-18(22)28-20(27-17)24-9-1-2-12(13(5-9)25-19(23)31)29-30-14-7-11-8(4-16(14)43(38,39)40)3-10(41(32,33)34)6-15(11)42(35,36)37;;;/h1-7H,(H3,23,25,31)(H,32,33,34)(H,35,36,37)(H,38,39,40)(H3,22,24,26,27,28);;;/q;3*+1/p-3. The Hall–Kier alpha value is -1.58.